The largest absolute Gasteiger partial charge is 0.248 e. The Kier molecular flexibility index (Phi) is 4.33. The first-order valence-corrected chi connectivity index (χ1v) is 8.60. The van der Waals surface area contributed by atoms with Crippen molar-refractivity contribution in [3.05, 3.63) is 29.8 Å². The number of pyridine rings is 1. The van der Waals surface area contributed by atoms with Gasteiger partial charge < -0.3 is 0 Å². The molecule has 0 saturated heterocycles. The Morgan fingerprint density at radius 2 is 2.05 bits per heavy atom. The van der Waals surface area contributed by atoms with Crippen LogP contribution in [-0.4, -0.2) is 25.1 Å². The van der Waals surface area contributed by atoms with Crippen LogP contribution in [0.1, 0.15) is 38.2 Å². The molecule has 21 heavy (non-hydrogen) atoms. The Morgan fingerprint density at radius 1 is 1.33 bits per heavy atom. The van der Waals surface area contributed by atoms with E-state index in [-0.39, 0.29) is 23.5 Å². The van der Waals surface area contributed by atoms with Gasteiger partial charge in [-0.3, -0.25) is 0 Å². The minimum Gasteiger partial charge on any atom is -0.228 e. The summed E-state index contributed by atoms with van der Waals surface area (Å²) in [4.78, 5) is 3.36. The molecule has 0 N–H and O–H groups in total. The molecule has 0 radical (unpaired) electrons. The van der Waals surface area contributed by atoms with Gasteiger partial charge >= 0.3 is 0 Å². The molecule has 3 nitrogen and oxygen atoms in total. The highest BCUT2D eigenvalue weighted by Gasteiger charge is 2.44. The van der Waals surface area contributed by atoms with E-state index in [9.17, 15) is 21.6 Å². The van der Waals surface area contributed by atoms with Gasteiger partial charge in [-0.2, -0.15) is 4.39 Å². The Labute approximate surface area is 122 Å². The van der Waals surface area contributed by atoms with Crippen LogP contribution in [0.15, 0.2) is 18.3 Å². The molecule has 1 aromatic heterocycles. The molecular formula is C14H18F3NO2S. The fraction of sp³-hybridized carbons (Fsp3) is 0.643. The predicted molar refractivity (Wildman–Crippen MR) is 73.2 cm³/mol. The highest BCUT2D eigenvalue weighted by Crippen LogP contribution is 2.45. The van der Waals surface area contributed by atoms with Gasteiger partial charge in [-0.15, -0.1) is 0 Å². The number of hydrogen-bond donors (Lipinski definition) is 0. The van der Waals surface area contributed by atoms with Gasteiger partial charge in [0.25, 0.3) is 0 Å². The summed E-state index contributed by atoms with van der Waals surface area (Å²) in [5, 5.41) is 0. The van der Waals surface area contributed by atoms with Crippen LogP contribution >= 0.6 is 0 Å². The zero-order valence-electron chi connectivity index (χ0n) is 11.8. The highest BCUT2D eigenvalue weighted by molar-refractivity contribution is 7.90. The van der Waals surface area contributed by atoms with Gasteiger partial charge in [-0.05, 0) is 36.0 Å². The summed E-state index contributed by atoms with van der Waals surface area (Å²) in [6.07, 6.45) is 1.38. The van der Waals surface area contributed by atoms with Crippen LogP contribution < -0.4 is 0 Å². The van der Waals surface area contributed by atoms with E-state index in [1.54, 1.807) is 6.92 Å². The first-order valence-electron chi connectivity index (χ1n) is 6.78. The Hall–Kier alpha value is -1.11. The number of hydrogen-bond acceptors (Lipinski definition) is 3. The lowest BCUT2D eigenvalue weighted by molar-refractivity contribution is -0.0718. The molecule has 0 bridgehead atoms. The maximum atomic E-state index is 13.5. The summed E-state index contributed by atoms with van der Waals surface area (Å²) in [5.41, 5.74) is -0.639. The summed E-state index contributed by atoms with van der Waals surface area (Å²) in [6, 6.07) is 2.47. The minimum absolute atomic E-state index is 0.182. The van der Waals surface area contributed by atoms with Crippen molar-refractivity contribution in [3.63, 3.8) is 0 Å². The lowest BCUT2D eigenvalue weighted by Gasteiger charge is -2.37. The number of rotatable bonds is 4. The van der Waals surface area contributed by atoms with Crippen molar-refractivity contribution in [2.75, 3.05) is 5.75 Å². The van der Waals surface area contributed by atoms with Crippen molar-refractivity contribution in [1.29, 1.82) is 0 Å². The fourth-order valence-corrected chi connectivity index (χ4v) is 5.16. The van der Waals surface area contributed by atoms with Crippen LogP contribution in [0.2, 0.25) is 0 Å². The van der Waals surface area contributed by atoms with Gasteiger partial charge in [-0.1, -0.05) is 6.92 Å². The lowest BCUT2D eigenvalue weighted by Crippen LogP contribution is -2.38. The number of halogens is 3. The topological polar surface area (TPSA) is 47.0 Å². The molecule has 1 heterocycles. The molecule has 1 saturated carbocycles. The van der Waals surface area contributed by atoms with E-state index in [1.165, 1.54) is 12.3 Å². The van der Waals surface area contributed by atoms with Gasteiger partial charge in [-0.25, -0.2) is 22.2 Å². The number of alkyl halides is 2. The Morgan fingerprint density at radius 3 is 2.67 bits per heavy atom. The van der Waals surface area contributed by atoms with Crippen LogP contribution in [0.25, 0.3) is 0 Å². The SMILES string of the molecule is CC1(CS(=O)(=O)Cc2ccnc(F)c2)CCCC(F)(F)C1. The second-order valence-electron chi connectivity index (χ2n) is 6.22. The van der Waals surface area contributed by atoms with Crippen molar-refractivity contribution in [1.82, 2.24) is 4.98 Å². The van der Waals surface area contributed by atoms with E-state index in [0.717, 1.165) is 6.07 Å². The standard InChI is InChI=1S/C14H18F3NO2S/c1-13(4-2-5-14(16,17)9-13)10-21(19,20)8-11-3-6-18-12(15)7-11/h3,6-7H,2,4-5,8-10H2,1H3. The van der Waals surface area contributed by atoms with Crippen molar-refractivity contribution < 1.29 is 21.6 Å². The molecule has 1 fully saturated rings. The number of sulfone groups is 1. The molecule has 0 spiro atoms. The van der Waals surface area contributed by atoms with Crippen molar-refractivity contribution in [2.24, 2.45) is 5.41 Å². The van der Waals surface area contributed by atoms with E-state index in [2.05, 4.69) is 4.98 Å². The number of aromatic nitrogens is 1. The normalized spacial score (nSPS) is 25.7. The Bertz CT molecular complexity index is 618. The first-order chi connectivity index (χ1) is 9.59. The number of nitrogens with zero attached hydrogens (tertiary/aromatic N) is 1. The third-order valence-corrected chi connectivity index (χ3v) is 5.66. The lowest BCUT2D eigenvalue weighted by atomic mass is 9.75. The molecule has 1 aromatic rings. The van der Waals surface area contributed by atoms with Crippen molar-refractivity contribution in [2.45, 2.75) is 44.3 Å². The van der Waals surface area contributed by atoms with Crippen LogP contribution in [-0.2, 0) is 15.6 Å². The van der Waals surface area contributed by atoms with Gasteiger partial charge in [0.1, 0.15) is 0 Å². The second kappa shape index (κ2) is 5.59. The zero-order valence-corrected chi connectivity index (χ0v) is 12.6. The van der Waals surface area contributed by atoms with E-state index >= 15 is 0 Å². The quantitative estimate of drug-likeness (QED) is 0.799. The molecule has 0 amide bonds. The van der Waals surface area contributed by atoms with Crippen LogP contribution in [0, 0.1) is 11.4 Å². The highest BCUT2D eigenvalue weighted by atomic mass is 32.2. The van der Waals surface area contributed by atoms with Gasteiger partial charge in [0.15, 0.2) is 9.84 Å². The van der Waals surface area contributed by atoms with Crippen LogP contribution in [0.3, 0.4) is 0 Å². The van der Waals surface area contributed by atoms with Crippen LogP contribution in [0.5, 0.6) is 0 Å². The average molecular weight is 321 g/mol. The molecule has 118 valence electrons. The summed E-state index contributed by atoms with van der Waals surface area (Å²) >= 11 is 0. The Balaban J connectivity index is 2.10. The molecule has 0 aromatic carbocycles. The van der Waals surface area contributed by atoms with Gasteiger partial charge in [0.2, 0.25) is 11.9 Å². The van der Waals surface area contributed by atoms with E-state index < -0.39 is 33.5 Å². The smallest absolute Gasteiger partial charge is 0.228 e. The minimum atomic E-state index is -3.59. The third-order valence-electron chi connectivity index (χ3n) is 3.75. The fourth-order valence-electron chi connectivity index (χ4n) is 3.07. The molecule has 2 rings (SSSR count). The average Bonchev–Trinajstić information content (AvgIpc) is 2.23. The van der Waals surface area contributed by atoms with Crippen molar-refractivity contribution in [3.8, 4) is 0 Å². The van der Waals surface area contributed by atoms with Gasteiger partial charge in [0.05, 0.1) is 11.5 Å². The van der Waals surface area contributed by atoms with Crippen molar-refractivity contribution >= 4 is 9.84 Å². The van der Waals surface area contributed by atoms with Gasteiger partial charge in [0, 0.05) is 19.0 Å². The van der Waals surface area contributed by atoms with Crippen LogP contribution in [0.4, 0.5) is 13.2 Å². The molecular weight excluding hydrogens is 303 g/mol. The van der Waals surface area contributed by atoms with E-state index in [4.69, 9.17) is 0 Å². The molecule has 1 unspecified atom stereocenters. The van der Waals surface area contributed by atoms with E-state index in [1.807, 2.05) is 0 Å². The first kappa shape index (κ1) is 16.3. The third kappa shape index (κ3) is 4.69. The second-order valence-corrected chi connectivity index (χ2v) is 8.28. The molecule has 1 atom stereocenters. The molecule has 7 heteroatoms. The predicted octanol–water partition coefficient (Wildman–Crippen LogP) is 3.35. The van der Waals surface area contributed by atoms with E-state index in [0.29, 0.717) is 12.8 Å². The summed E-state index contributed by atoms with van der Waals surface area (Å²) in [5.74, 6) is -4.21. The summed E-state index contributed by atoms with van der Waals surface area (Å²) < 4.78 is 64.4. The maximum Gasteiger partial charge on any atom is 0.248 e. The molecule has 1 aliphatic rings. The summed E-state index contributed by atoms with van der Waals surface area (Å²) in [6.45, 7) is 1.59. The summed E-state index contributed by atoms with van der Waals surface area (Å²) in [7, 11) is -3.59. The maximum absolute atomic E-state index is 13.5. The zero-order chi connectivity index (χ0) is 15.7. The monoisotopic (exact) mass is 321 g/mol. The molecule has 1 aliphatic carbocycles. The molecule has 0 aliphatic heterocycles.